The molecule has 1 aliphatic carbocycles. The second kappa shape index (κ2) is 8.08. The molecule has 1 aliphatic rings. The molecule has 0 aromatic rings. The van der Waals surface area contributed by atoms with Gasteiger partial charge in [0.2, 0.25) is 0 Å². The molecular weight excluding hydrogens is 292 g/mol. The highest BCUT2D eigenvalue weighted by atomic mass is 32.3. The number of ether oxygens (including phenoxy) is 1. The van der Waals surface area contributed by atoms with Crippen LogP contribution in [0.1, 0.15) is 72.6 Å². The third kappa shape index (κ3) is 5.79. The molecule has 1 fully saturated rings. The lowest BCUT2D eigenvalue weighted by Gasteiger charge is -2.30. The Morgan fingerprint density at radius 1 is 1.14 bits per heavy atom. The molecule has 0 aromatic heterocycles. The topological polar surface area (TPSA) is 26.3 Å². The Morgan fingerprint density at radius 2 is 1.82 bits per heavy atom. The van der Waals surface area contributed by atoms with Gasteiger partial charge in [0.25, 0.3) is 0 Å². The fraction of sp³-hybridized carbons (Fsp3) is 0.947. The van der Waals surface area contributed by atoms with E-state index >= 15 is 0 Å². The van der Waals surface area contributed by atoms with E-state index in [4.69, 9.17) is 4.74 Å². The van der Waals surface area contributed by atoms with Gasteiger partial charge < -0.3 is 4.74 Å². The molecule has 0 spiro atoms. The van der Waals surface area contributed by atoms with Crippen LogP contribution in [0.15, 0.2) is 0 Å². The molecule has 1 saturated carbocycles. The standard InChI is InChI=1S/C19H38O2S/c1-7-18(4)11-12-19(8-2,16-18)15-17(20)21-13-10-14-22(5,6)9-3/h7-16H2,1-6H3. The number of rotatable bonds is 9. The van der Waals surface area contributed by atoms with Crippen molar-refractivity contribution in [2.45, 2.75) is 72.6 Å². The zero-order chi connectivity index (χ0) is 16.9. The summed E-state index contributed by atoms with van der Waals surface area (Å²) in [5.74, 6) is 2.51. The van der Waals surface area contributed by atoms with E-state index in [1.807, 2.05) is 0 Å². The van der Waals surface area contributed by atoms with Gasteiger partial charge in [0, 0.05) is 0 Å². The molecule has 1 rings (SSSR count). The summed E-state index contributed by atoms with van der Waals surface area (Å²) in [6.45, 7) is 9.77. The van der Waals surface area contributed by atoms with Crippen molar-refractivity contribution in [3.05, 3.63) is 0 Å². The van der Waals surface area contributed by atoms with Crippen molar-refractivity contribution in [1.82, 2.24) is 0 Å². The summed E-state index contributed by atoms with van der Waals surface area (Å²) in [5, 5.41) is 0. The first-order valence-electron chi connectivity index (χ1n) is 9.04. The summed E-state index contributed by atoms with van der Waals surface area (Å²) in [7, 11) is -0.467. The summed E-state index contributed by atoms with van der Waals surface area (Å²) in [5.41, 5.74) is 0.639. The zero-order valence-electron chi connectivity index (χ0n) is 15.8. The van der Waals surface area contributed by atoms with E-state index < -0.39 is 10.0 Å². The second-order valence-corrected chi connectivity index (χ2v) is 12.7. The molecule has 0 N–H and O–H groups in total. The first kappa shape index (κ1) is 19.9. The highest BCUT2D eigenvalue weighted by Crippen LogP contribution is 2.54. The van der Waals surface area contributed by atoms with E-state index in [0.717, 1.165) is 12.8 Å². The van der Waals surface area contributed by atoms with Crippen molar-refractivity contribution in [3.63, 3.8) is 0 Å². The largest absolute Gasteiger partial charge is 0.466 e. The molecule has 0 amide bonds. The molecule has 132 valence electrons. The zero-order valence-corrected chi connectivity index (χ0v) is 16.6. The lowest BCUT2D eigenvalue weighted by molar-refractivity contribution is -0.146. The van der Waals surface area contributed by atoms with E-state index in [-0.39, 0.29) is 11.4 Å². The Kier molecular flexibility index (Phi) is 7.29. The Balaban J connectivity index is 2.38. The van der Waals surface area contributed by atoms with E-state index in [1.165, 1.54) is 37.2 Å². The molecule has 0 radical (unpaired) electrons. The second-order valence-electron chi connectivity index (χ2n) is 8.21. The van der Waals surface area contributed by atoms with E-state index in [0.29, 0.717) is 18.4 Å². The molecule has 22 heavy (non-hydrogen) atoms. The van der Waals surface area contributed by atoms with Crippen LogP contribution < -0.4 is 0 Å². The van der Waals surface area contributed by atoms with Crippen molar-refractivity contribution in [2.24, 2.45) is 10.8 Å². The van der Waals surface area contributed by atoms with Gasteiger partial charge in [-0.15, -0.1) is 0 Å². The van der Waals surface area contributed by atoms with Gasteiger partial charge in [0.1, 0.15) is 0 Å². The third-order valence-electron chi connectivity index (χ3n) is 6.07. The smallest absolute Gasteiger partial charge is 0.306 e. The Labute approximate surface area is 140 Å². The van der Waals surface area contributed by atoms with Crippen molar-refractivity contribution in [2.75, 3.05) is 30.6 Å². The van der Waals surface area contributed by atoms with Gasteiger partial charge in [-0.1, -0.05) is 34.1 Å². The van der Waals surface area contributed by atoms with E-state index in [1.54, 1.807) is 0 Å². The average molecular weight is 331 g/mol. The van der Waals surface area contributed by atoms with Gasteiger partial charge in [0.15, 0.2) is 0 Å². The van der Waals surface area contributed by atoms with Gasteiger partial charge in [-0.05, 0) is 67.0 Å². The van der Waals surface area contributed by atoms with Crippen molar-refractivity contribution in [1.29, 1.82) is 0 Å². The Bertz CT molecular complexity index is 366. The summed E-state index contributed by atoms with van der Waals surface area (Å²) in [6.07, 6.45) is 12.3. The van der Waals surface area contributed by atoms with Crippen molar-refractivity contribution < 1.29 is 9.53 Å². The summed E-state index contributed by atoms with van der Waals surface area (Å²) >= 11 is 0. The van der Waals surface area contributed by atoms with Gasteiger partial charge >= 0.3 is 5.97 Å². The highest BCUT2D eigenvalue weighted by molar-refractivity contribution is 8.32. The monoisotopic (exact) mass is 330 g/mol. The molecule has 0 heterocycles. The fourth-order valence-electron chi connectivity index (χ4n) is 3.67. The first-order chi connectivity index (χ1) is 10.2. The normalized spacial score (nSPS) is 29.5. The maximum absolute atomic E-state index is 12.2. The molecule has 2 unspecified atom stereocenters. The number of carbonyl (C=O) groups is 1. The summed E-state index contributed by atoms with van der Waals surface area (Å²) in [4.78, 5) is 12.2. The third-order valence-corrected chi connectivity index (χ3v) is 9.03. The molecule has 0 aliphatic heterocycles. The van der Waals surface area contributed by atoms with Gasteiger partial charge in [-0.2, -0.15) is 0 Å². The predicted octanol–water partition coefficient (Wildman–Crippen LogP) is 5.39. The maximum Gasteiger partial charge on any atom is 0.306 e. The predicted molar refractivity (Wildman–Crippen MR) is 100 cm³/mol. The van der Waals surface area contributed by atoms with Crippen LogP contribution in [0.3, 0.4) is 0 Å². The first-order valence-corrected chi connectivity index (χ1v) is 11.8. The summed E-state index contributed by atoms with van der Waals surface area (Å²) in [6, 6.07) is 0. The minimum Gasteiger partial charge on any atom is -0.466 e. The molecule has 0 aromatic carbocycles. The molecule has 2 nitrogen and oxygen atoms in total. The number of hydrogen-bond donors (Lipinski definition) is 0. The molecule has 2 atom stereocenters. The number of esters is 1. The fourth-order valence-corrected chi connectivity index (χ4v) is 4.85. The van der Waals surface area contributed by atoms with Gasteiger partial charge in [-0.25, -0.2) is 10.0 Å². The van der Waals surface area contributed by atoms with Crippen LogP contribution >= 0.6 is 10.0 Å². The molecule has 0 bridgehead atoms. The average Bonchev–Trinajstić information content (AvgIpc) is 2.82. The molecular formula is C19H38O2S. The van der Waals surface area contributed by atoms with Gasteiger partial charge in [0.05, 0.1) is 13.0 Å². The van der Waals surface area contributed by atoms with Crippen LogP contribution in [-0.4, -0.2) is 36.6 Å². The van der Waals surface area contributed by atoms with Crippen LogP contribution in [0.4, 0.5) is 0 Å². The highest BCUT2D eigenvalue weighted by Gasteiger charge is 2.44. The lowest BCUT2D eigenvalue weighted by Crippen LogP contribution is -2.24. The van der Waals surface area contributed by atoms with Crippen LogP contribution in [0, 0.1) is 10.8 Å². The maximum atomic E-state index is 12.2. The van der Waals surface area contributed by atoms with E-state index in [9.17, 15) is 4.79 Å². The lowest BCUT2D eigenvalue weighted by atomic mass is 9.75. The van der Waals surface area contributed by atoms with E-state index in [2.05, 4.69) is 40.2 Å². The quantitative estimate of drug-likeness (QED) is 0.418. The van der Waals surface area contributed by atoms with Crippen LogP contribution in [-0.2, 0) is 9.53 Å². The van der Waals surface area contributed by atoms with Crippen LogP contribution in [0.2, 0.25) is 0 Å². The minimum absolute atomic E-state index is 0.0338. The molecule has 0 saturated heterocycles. The molecule has 3 heteroatoms. The van der Waals surface area contributed by atoms with Crippen LogP contribution in [0.5, 0.6) is 0 Å². The summed E-state index contributed by atoms with van der Waals surface area (Å²) < 4.78 is 5.55. The van der Waals surface area contributed by atoms with Crippen molar-refractivity contribution >= 4 is 16.0 Å². The number of carbonyl (C=O) groups excluding carboxylic acids is 1. The Hall–Kier alpha value is -0.180. The van der Waals surface area contributed by atoms with Crippen molar-refractivity contribution in [3.8, 4) is 0 Å². The minimum atomic E-state index is -0.467. The van der Waals surface area contributed by atoms with Crippen LogP contribution in [0.25, 0.3) is 0 Å². The SMILES string of the molecule is CCC1(C)CCC(CC)(CC(=O)OCCCS(C)(C)CC)C1. The number of hydrogen-bond acceptors (Lipinski definition) is 2. The Morgan fingerprint density at radius 3 is 2.32 bits per heavy atom. The van der Waals surface area contributed by atoms with Gasteiger partial charge in [-0.3, -0.25) is 4.79 Å².